The number of hydrogen-bond acceptors (Lipinski definition) is 3. The van der Waals surface area contributed by atoms with Crippen LogP contribution in [0.25, 0.3) is 6.08 Å². The molecule has 1 aromatic rings. The lowest BCUT2D eigenvalue weighted by Crippen LogP contribution is -2.29. The van der Waals surface area contributed by atoms with E-state index in [2.05, 4.69) is 0 Å². The Kier molecular flexibility index (Phi) is 3.46. The minimum atomic E-state index is -1.03. The summed E-state index contributed by atoms with van der Waals surface area (Å²) in [5.41, 5.74) is 1.21. The molecule has 0 radical (unpaired) electrons. The van der Waals surface area contributed by atoms with Crippen molar-refractivity contribution in [1.29, 1.82) is 0 Å². The van der Waals surface area contributed by atoms with E-state index in [1.54, 1.807) is 31.2 Å². The molecular weight excluding hydrogens is 246 g/mol. The van der Waals surface area contributed by atoms with Gasteiger partial charge in [-0.05, 0) is 23.8 Å². The Balaban J connectivity index is 2.21. The van der Waals surface area contributed by atoms with Gasteiger partial charge in [0.15, 0.2) is 0 Å². The minimum Gasteiger partial charge on any atom is -0.478 e. The lowest BCUT2D eigenvalue weighted by Gasteiger charge is -2.14. The number of carbonyl (C=O) groups is 3. The van der Waals surface area contributed by atoms with Gasteiger partial charge in [0.1, 0.15) is 0 Å². The zero-order valence-electron chi connectivity index (χ0n) is 10.4. The van der Waals surface area contributed by atoms with Crippen molar-refractivity contribution in [3.8, 4) is 0 Å². The molecule has 98 valence electrons. The van der Waals surface area contributed by atoms with Crippen LogP contribution in [0.3, 0.4) is 0 Å². The lowest BCUT2D eigenvalue weighted by molar-refractivity contribution is -0.131. The van der Waals surface area contributed by atoms with Gasteiger partial charge in [0, 0.05) is 18.4 Å². The van der Waals surface area contributed by atoms with E-state index in [1.807, 2.05) is 0 Å². The fourth-order valence-corrected chi connectivity index (χ4v) is 1.96. The molecule has 0 bridgehead atoms. The van der Waals surface area contributed by atoms with E-state index in [1.165, 1.54) is 11.0 Å². The average Bonchev–Trinajstić information content (AvgIpc) is 2.62. The zero-order valence-corrected chi connectivity index (χ0v) is 10.4. The third-order valence-electron chi connectivity index (χ3n) is 2.94. The number of anilines is 1. The second-order valence-electron chi connectivity index (χ2n) is 4.44. The first-order valence-corrected chi connectivity index (χ1v) is 5.87. The van der Waals surface area contributed by atoms with Gasteiger partial charge in [-0.1, -0.05) is 19.1 Å². The second-order valence-corrected chi connectivity index (χ2v) is 4.44. The zero-order chi connectivity index (χ0) is 14.0. The van der Waals surface area contributed by atoms with Gasteiger partial charge >= 0.3 is 5.97 Å². The Morgan fingerprint density at radius 1 is 1.32 bits per heavy atom. The van der Waals surface area contributed by atoms with Crippen molar-refractivity contribution in [2.45, 2.75) is 13.3 Å². The number of carboxylic acids is 1. The summed E-state index contributed by atoms with van der Waals surface area (Å²) >= 11 is 0. The van der Waals surface area contributed by atoms with Gasteiger partial charge in [-0.3, -0.25) is 14.5 Å². The van der Waals surface area contributed by atoms with Crippen LogP contribution in [0.5, 0.6) is 0 Å². The first kappa shape index (κ1) is 13.0. The predicted molar refractivity (Wildman–Crippen MR) is 69.4 cm³/mol. The molecule has 1 aliphatic rings. The number of nitrogens with zero attached hydrogens (tertiary/aromatic N) is 1. The number of aliphatic carboxylic acids is 1. The van der Waals surface area contributed by atoms with Crippen molar-refractivity contribution < 1.29 is 19.5 Å². The molecular formula is C14H13NO4. The van der Waals surface area contributed by atoms with E-state index in [9.17, 15) is 14.4 Å². The molecule has 2 rings (SSSR count). The highest BCUT2D eigenvalue weighted by Crippen LogP contribution is 2.26. The van der Waals surface area contributed by atoms with Crippen LogP contribution in [-0.2, 0) is 14.4 Å². The number of imide groups is 1. The van der Waals surface area contributed by atoms with Crippen LogP contribution < -0.4 is 4.90 Å². The van der Waals surface area contributed by atoms with Gasteiger partial charge in [0.05, 0.1) is 5.69 Å². The third-order valence-corrected chi connectivity index (χ3v) is 2.94. The number of benzene rings is 1. The Hall–Kier alpha value is -2.43. The predicted octanol–water partition coefficient (Wildman–Crippen LogP) is 1.68. The summed E-state index contributed by atoms with van der Waals surface area (Å²) in [4.78, 5) is 35.1. The van der Waals surface area contributed by atoms with E-state index in [0.717, 1.165) is 6.08 Å². The first-order chi connectivity index (χ1) is 8.99. The summed E-state index contributed by atoms with van der Waals surface area (Å²) < 4.78 is 0. The van der Waals surface area contributed by atoms with Crippen LogP contribution >= 0.6 is 0 Å². The average molecular weight is 259 g/mol. The molecule has 2 amide bonds. The van der Waals surface area contributed by atoms with Gasteiger partial charge in [0.2, 0.25) is 11.8 Å². The largest absolute Gasteiger partial charge is 0.478 e. The molecule has 0 aliphatic carbocycles. The van der Waals surface area contributed by atoms with Crippen LogP contribution in [-0.4, -0.2) is 22.9 Å². The van der Waals surface area contributed by atoms with Crippen LogP contribution in [0.15, 0.2) is 30.3 Å². The van der Waals surface area contributed by atoms with Crippen molar-refractivity contribution >= 4 is 29.5 Å². The molecule has 1 N–H and O–H groups in total. The molecule has 0 spiro atoms. The van der Waals surface area contributed by atoms with Crippen molar-refractivity contribution in [3.05, 3.63) is 35.9 Å². The van der Waals surface area contributed by atoms with Crippen LogP contribution in [0.2, 0.25) is 0 Å². The number of carbonyl (C=O) groups excluding carboxylic acids is 2. The molecule has 1 fully saturated rings. The number of hydrogen-bond donors (Lipinski definition) is 1. The van der Waals surface area contributed by atoms with Gasteiger partial charge in [-0.25, -0.2) is 4.79 Å². The van der Waals surface area contributed by atoms with E-state index in [4.69, 9.17) is 5.11 Å². The maximum Gasteiger partial charge on any atom is 0.328 e. The maximum absolute atomic E-state index is 11.8. The van der Waals surface area contributed by atoms with E-state index in [0.29, 0.717) is 11.3 Å². The van der Waals surface area contributed by atoms with Crippen molar-refractivity contribution in [2.24, 2.45) is 5.92 Å². The summed E-state index contributed by atoms with van der Waals surface area (Å²) in [5, 5.41) is 8.52. The molecule has 1 aliphatic heterocycles. The highest BCUT2D eigenvalue weighted by Gasteiger charge is 2.36. The molecule has 1 saturated heterocycles. The lowest BCUT2D eigenvalue weighted by atomic mass is 10.1. The Morgan fingerprint density at radius 3 is 2.42 bits per heavy atom. The molecule has 1 unspecified atom stereocenters. The molecule has 1 heterocycles. The summed E-state index contributed by atoms with van der Waals surface area (Å²) in [6.07, 6.45) is 2.71. The number of amides is 2. The van der Waals surface area contributed by atoms with Gasteiger partial charge < -0.3 is 5.11 Å². The summed E-state index contributed by atoms with van der Waals surface area (Å²) in [6, 6.07) is 6.60. The fourth-order valence-electron chi connectivity index (χ4n) is 1.96. The molecule has 5 nitrogen and oxygen atoms in total. The Morgan fingerprint density at radius 2 is 1.95 bits per heavy atom. The summed E-state index contributed by atoms with van der Waals surface area (Å²) in [7, 11) is 0. The number of rotatable bonds is 3. The normalized spacial score (nSPS) is 19.4. The Labute approximate surface area is 110 Å². The quantitative estimate of drug-likeness (QED) is 0.662. The highest BCUT2D eigenvalue weighted by molar-refractivity contribution is 6.20. The highest BCUT2D eigenvalue weighted by atomic mass is 16.4. The molecule has 19 heavy (non-hydrogen) atoms. The second kappa shape index (κ2) is 5.06. The molecule has 1 atom stereocenters. The van der Waals surface area contributed by atoms with Crippen molar-refractivity contribution in [2.75, 3.05) is 4.90 Å². The number of carboxylic acid groups (broad SMARTS) is 1. The van der Waals surface area contributed by atoms with Gasteiger partial charge in [0.25, 0.3) is 0 Å². The van der Waals surface area contributed by atoms with E-state index in [-0.39, 0.29) is 24.2 Å². The van der Waals surface area contributed by atoms with E-state index >= 15 is 0 Å². The molecule has 0 saturated carbocycles. The van der Waals surface area contributed by atoms with Crippen molar-refractivity contribution in [3.63, 3.8) is 0 Å². The van der Waals surface area contributed by atoms with Gasteiger partial charge in [-0.2, -0.15) is 0 Å². The minimum absolute atomic E-state index is 0.196. The first-order valence-electron chi connectivity index (χ1n) is 5.87. The monoisotopic (exact) mass is 259 g/mol. The smallest absolute Gasteiger partial charge is 0.328 e. The van der Waals surface area contributed by atoms with Gasteiger partial charge in [-0.15, -0.1) is 0 Å². The summed E-state index contributed by atoms with van der Waals surface area (Å²) in [6.45, 7) is 1.73. The maximum atomic E-state index is 11.8. The van der Waals surface area contributed by atoms with Crippen LogP contribution in [0, 0.1) is 5.92 Å². The third kappa shape index (κ3) is 2.70. The molecule has 0 aromatic heterocycles. The molecule has 1 aromatic carbocycles. The Bertz CT molecular complexity index is 559. The van der Waals surface area contributed by atoms with Crippen LogP contribution in [0.4, 0.5) is 5.69 Å². The SMILES string of the molecule is CC1CC(=O)N(c2ccc(C=CC(=O)O)cc2)C1=O. The van der Waals surface area contributed by atoms with Crippen LogP contribution in [0.1, 0.15) is 18.9 Å². The summed E-state index contributed by atoms with van der Waals surface area (Å²) in [5.74, 6) is -1.70. The van der Waals surface area contributed by atoms with Crippen molar-refractivity contribution in [1.82, 2.24) is 0 Å². The fraction of sp³-hybridized carbons (Fsp3) is 0.214. The van der Waals surface area contributed by atoms with E-state index < -0.39 is 5.97 Å². The standard InChI is InChI=1S/C14H13NO4/c1-9-8-12(16)15(14(9)19)11-5-2-10(3-6-11)4-7-13(17)18/h2-7,9H,8H2,1H3,(H,17,18). The topological polar surface area (TPSA) is 74.7 Å². The molecule has 5 heteroatoms.